The second kappa shape index (κ2) is 15.6. The summed E-state index contributed by atoms with van der Waals surface area (Å²) in [6.07, 6.45) is 3.17. The standard InChI is InChI=1S/C32H22NOS.C18H14N.Ir/c1-19-11-13-24(32-31(19)25-8-4-6-10-30(25)35-32)27-18-22(15-16-33-27)20(2)21-12-14-29-26(17-21)23-7-3-5-9-28(23)34-29;1-14-13-19-18(16-10-6-3-7-11-16)12-17(14)15-8-4-2-5-9-15;/h3-12,14-18,20H,1-2H3;2-10,12-13H,1H3;/q2*-1;/i1D3,20D;1D3;. The SMILES string of the molecule is [2H]C([2H])([2H])c1c[c-]c(-c2cc(C([2H])(C)c3ccc4oc5ccccc5c4c3)ccn2)c2sc3ccccc3c12.[2H]C([2H])([2H])c1cnc(-c2[c-]cccc2)cc1-c1ccccc1.[Ir]. The molecular formula is C50H36IrN2OS-2. The minimum absolute atomic E-state index is 0. The molecule has 4 heterocycles. The van der Waals surface area contributed by atoms with Crippen molar-refractivity contribution in [2.45, 2.75) is 26.5 Å². The summed E-state index contributed by atoms with van der Waals surface area (Å²) < 4.78 is 64.8. The van der Waals surface area contributed by atoms with Gasteiger partial charge in [0.25, 0.3) is 0 Å². The van der Waals surface area contributed by atoms with Gasteiger partial charge in [0.1, 0.15) is 11.2 Å². The molecule has 0 aliphatic rings. The van der Waals surface area contributed by atoms with Crippen LogP contribution in [0.2, 0.25) is 0 Å². The van der Waals surface area contributed by atoms with E-state index in [0.29, 0.717) is 22.5 Å². The molecule has 1 atom stereocenters. The van der Waals surface area contributed by atoms with Crippen LogP contribution in [0.25, 0.3) is 75.8 Å². The molecule has 1 unspecified atom stereocenters. The normalized spacial score (nSPS) is 14.6. The van der Waals surface area contributed by atoms with E-state index in [1.165, 1.54) is 6.20 Å². The summed E-state index contributed by atoms with van der Waals surface area (Å²) in [6, 6.07) is 52.3. The van der Waals surface area contributed by atoms with Crippen LogP contribution in [0, 0.1) is 25.8 Å². The van der Waals surface area contributed by atoms with Crippen LogP contribution in [-0.2, 0) is 20.1 Å². The van der Waals surface area contributed by atoms with Gasteiger partial charge in [-0.15, -0.1) is 59.2 Å². The van der Waals surface area contributed by atoms with Crippen LogP contribution in [0.5, 0.6) is 0 Å². The molecule has 0 saturated heterocycles. The Morgan fingerprint density at radius 3 is 2.29 bits per heavy atom. The molecule has 0 bridgehead atoms. The molecule has 0 aliphatic heterocycles. The van der Waals surface area contributed by atoms with Crippen LogP contribution < -0.4 is 0 Å². The molecule has 55 heavy (non-hydrogen) atoms. The van der Waals surface area contributed by atoms with Gasteiger partial charge in [-0.1, -0.05) is 104 Å². The molecule has 0 aliphatic carbocycles. The summed E-state index contributed by atoms with van der Waals surface area (Å²) in [5, 5.41) is 3.65. The van der Waals surface area contributed by atoms with Gasteiger partial charge >= 0.3 is 0 Å². The fraction of sp³-hybridized carbons (Fsp3) is 0.0800. The number of thiophene rings is 1. The fourth-order valence-electron chi connectivity index (χ4n) is 6.90. The van der Waals surface area contributed by atoms with Gasteiger partial charge in [0.2, 0.25) is 0 Å². The van der Waals surface area contributed by atoms with Gasteiger partial charge in [-0.2, -0.15) is 11.3 Å². The van der Waals surface area contributed by atoms with Crippen molar-refractivity contribution < 1.29 is 34.1 Å². The first-order chi connectivity index (χ1) is 29.3. The third-order valence-corrected chi connectivity index (χ3v) is 10.9. The molecular weight excluding hydrogens is 869 g/mol. The van der Waals surface area contributed by atoms with E-state index in [1.54, 1.807) is 23.6 Å². The molecule has 269 valence electrons. The Hall–Kier alpha value is -5.71. The third kappa shape index (κ3) is 7.03. The van der Waals surface area contributed by atoms with Gasteiger partial charge < -0.3 is 14.4 Å². The van der Waals surface area contributed by atoms with E-state index < -0.39 is 19.6 Å². The van der Waals surface area contributed by atoms with Crippen LogP contribution in [0.3, 0.4) is 0 Å². The zero-order chi connectivity index (χ0) is 42.5. The van der Waals surface area contributed by atoms with Crippen LogP contribution in [0.1, 0.15) is 44.7 Å². The molecule has 5 heteroatoms. The zero-order valence-corrected chi connectivity index (χ0v) is 32.8. The first-order valence-corrected chi connectivity index (χ1v) is 18.4. The van der Waals surface area contributed by atoms with Crippen molar-refractivity contribution >= 4 is 53.4 Å². The van der Waals surface area contributed by atoms with Gasteiger partial charge in [-0.05, 0) is 86.5 Å². The Morgan fingerprint density at radius 2 is 1.45 bits per heavy atom. The van der Waals surface area contributed by atoms with Crippen molar-refractivity contribution in [2.24, 2.45) is 0 Å². The molecule has 3 nitrogen and oxygen atoms in total. The number of nitrogens with zero attached hydrogens (tertiary/aromatic N) is 2. The van der Waals surface area contributed by atoms with E-state index in [9.17, 15) is 1.37 Å². The Morgan fingerprint density at radius 1 is 0.691 bits per heavy atom. The average molecular weight is 912 g/mol. The molecule has 6 aromatic carbocycles. The average Bonchev–Trinajstić information content (AvgIpc) is 3.85. The first-order valence-electron chi connectivity index (χ1n) is 21.1. The largest absolute Gasteiger partial charge is 0.456 e. The molecule has 4 aromatic heterocycles. The van der Waals surface area contributed by atoms with Gasteiger partial charge in [-0.25, -0.2) is 0 Å². The summed E-state index contributed by atoms with van der Waals surface area (Å²) in [5.41, 5.74) is 8.31. The predicted molar refractivity (Wildman–Crippen MR) is 226 cm³/mol. The maximum Gasteiger partial charge on any atom is 0.135 e. The summed E-state index contributed by atoms with van der Waals surface area (Å²) in [4.78, 5) is 8.96. The van der Waals surface area contributed by atoms with Crippen molar-refractivity contribution in [2.75, 3.05) is 0 Å². The molecule has 0 fully saturated rings. The minimum Gasteiger partial charge on any atom is -0.456 e. The Balaban J connectivity index is 0.000000196. The Labute approximate surface area is 348 Å². The Kier molecular flexibility index (Phi) is 8.12. The zero-order valence-electron chi connectivity index (χ0n) is 36.6. The van der Waals surface area contributed by atoms with Crippen molar-refractivity contribution in [3.63, 3.8) is 0 Å². The molecule has 0 N–H and O–H groups in total. The quantitative estimate of drug-likeness (QED) is 0.162. The van der Waals surface area contributed by atoms with Crippen LogP contribution in [-0.4, -0.2) is 9.97 Å². The van der Waals surface area contributed by atoms with Gasteiger partial charge in [0, 0.05) is 63.5 Å². The topological polar surface area (TPSA) is 38.9 Å². The van der Waals surface area contributed by atoms with E-state index in [0.717, 1.165) is 69.9 Å². The summed E-state index contributed by atoms with van der Waals surface area (Å²) in [7, 11) is 0. The number of hydrogen-bond acceptors (Lipinski definition) is 4. The number of rotatable bonds is 5. The van der Waals surface area contributed by atoms with Crippen molar-refractivity contribution in [3.8, 4) is 33.6 Å². The number of aromatic nitrogens is 2. The van der Waals surface area contributed by atoms with E-state index in [1.807, 2.05) is 146 Å². The van der Waals surface area contributed by atoms with Crippen molar-refractivity contribution in [3.05, 3.63) is 192 Å². The molecule has 1 radical (unpaired) electrons. The molecule has 0 spiro atoms. The smallest absolute Gasteiger partial charge is 0.135 e. The molecule has 0 amide bonds. The van der Waals surface area contributed by atoms with E-state index in [2.05, 4.69) is 22.1 Å². The maximum atomic E-state index is 9.43. The fourth-order valence-corrected chi connectivity index (χ4v) is 8.13. The summed E-state index contributed by atoms with van der Waals surface area (Å²) in [5.74, 6) is -1.07. The van der Waals surface area contributed by atoms with Crippen molar-refractivity contribution in [1.29, 1.82) is 0 Å². The summed E-state index contributed by atoms with van der Waals surface area (Å²) >= 11 is 1.55. The van der Waals surface area contributed by atoms with E-state index in [-0.39, 0.29) is 25.7 Å². The van der Waals surface area contributed by atoms with E-state index >= 15 is 0 Å². The maximum absolute atomic E-state index is 9.43. The molecule has 10 rings (SSSR count). The van der Waals surface area contributed by atoms with Gasteiger partial charge in [0.15, 0.2) is 0 Å². The first kappa shape index (κ1) is 28.7. The number of para-hydroxylation sites is 1. The van der Waals surface area contributed by atoms with Crippen LogP contribution in [0.15, 0.2) is 162 Å². The number of hydrogen-bond donors (Lipinski definition) is 0. The Bertz CT molecular complexity index is 3220. The van der Waals surface area contributed by atoms with Crippen LogP contribution in [0.4, 0.5) is 0 Å². The monoisotopic (exact) mass is 912 g/mol. The minimum atomic E-state index is -2.26. The number of aryl methyl sites for hydroxylation is 2. The predicted octanol–water partition coefficient (Wildman–Crippen LogP) is 13.8. The summed E-state index contributed by atoms with van der Waals surface area (Å²) in [6.45, 7) is -2.58. The number of fused-ring (bicyclic) bond motifs is 6. The third-order valence-electron chi connectivity index (χ3n) is 9.69. The second-order valence-electron chi connectivity index (χ2n) is 13.0. The van der Waals surface area contributed by atoms with Crippen molar-refractivity contribution in [1.82, 2.24) is 9.97 Å². The second-order valence-corrected chi connectivity index (χ2v) is 14.1. The van der Waals surface area contributed by atoms with E-state index in [4.69, 9.17) is 12.6 Å². The van der Waals surface area contributed by atoms with Gasteiger partial charge in [0.05, 0.1) is 0 Å². The molecule has 0 saturated carbocycles. The number of benzene rings is 6. The number of furan rings is 1. The van der Waals surface area contributed by atoms with Crippen LogP contribution >= 0.6 is 11.3 Å². The molecule has 10 aromatic rings. The number of pyridine rings is 2. The van der Waals surface area contributed by atoms with Gasteiger partial charge in [-0.3, -0.25) is 0 Å².